The molecule has 0 aliphatic carbocycles. The average Bonchev–Trinajstić information content (AvgIpc) is 2.21. The molecule has 0 unspecified atom stereocenters. The number of dihydropyridines is 1. The summed E-state index contributed by atoms with van der Waals surface area (Å²) in [6.07, 6.45) is 6.72. The zero-order valence-corrected chi connectivity index (χ0v) is 6.77. The lowest BCUT2D eigenvalue weighted by molar-refractivity contribution is 1.01. The first-order valence-corrected chi connectivity index (χ1v) is 4.07. The van der Waals surface area contributed by atoms with Crippen LogP contribution in [0.15, 0.2) is 35.5 Å². The van der Waals surface area contributed by atoms with E-state index in [1.807, 2.05) is 36.7 Å². The van der Waals surface area contributed by atoms with Gasteiger partial charge in [0.25, 0.3) is 0 Å². The van der Waals surface area contributed by atoms with Crippen molar-refractivity contribution in [3.8, 4) is 0 Å². The van der Waals surface area contributed by atoms with Crippen molar-refractivity contribution in [1.29, 1.82) is 0 Å². The molecule has 0 saturated heterocycles. The lowest BCUT2D eigenvalue weighted by Gasteiger charge is -2.06. The second kappa shape index (κ2) is 3.30. The highest BCUT2D eigenvalue weighted by Crippen LogP contribution is 2.16. The molecule has 0 amide bonds. The van der Waals surface area contributed by atoms with Gasteiger partial charge in [-0.2, -0.15) is 0 Å². The molecule has 0 atom stereocenters. The maximum atomic E-state index is 4.27. The van der Waals surface area contributed by atoms with E-state index in [9.17, 15) is 0 Å². The number of rotatable bonds is 1. The van der Waals surface area contributed by atoms with Gasteiger partial charge in [0.1, 0.15) is 0 Å². The van der Waals surface area contributed by atoms with Crippen molar-refractivity contribution in [2.45, 2.75) is 6.42 Å². The van der Waals surface area contributed by atoms with Gasteiger partial charge in [-0.15, -0.1) is 0 Å². The van der Waals surface area contributed by atoms with Crippen LogP contribution in [0.2, 0.25) is 0 Å². The lowest BCUT2D eigenvalue weighted by Crippen LogP contribution is -1.95. The monoisotopic (exact) mass is 158 g/mol. The molecule has 1 aliphatic heterocycles. The molecule has 0 fully saturated rings. The fourth-order valence-corrected chi connectivity index (χ4v) is 1.25. The Hall–Kier alpha value is -1.44. The van der Waals surface area contributed by atoms with Crippen molar-refractivity contribution in [1.82, 2.24) is 4.98 Å². The van der Waals surface area contributed by atoms with E-state index in [-0.39, 0.29) is 0 Å². The third kappa shape index (κ3) is 1.42. The molecule has 0 N–H and O–H groups in total. The summed E-state index contributed by atoms with van der Waals surface area (Å²) in [5.41, 5.74) is 2.36. The molecule has 2 heterocycles. The minimum absolute atomic E-state index is 0.891. The van der Waals surface area contributed by atoms with E-state index in [0.717, 1.165) is 18.7 Å². The topological polar surface area (TPSA) is 25.2 Å². The first-order valence-electron chi connectivity index (χ1n) is 4.07. The summed E-state index contributed by atoms with van der Waals surface area (Å²) in [4.78, 5) is 8.40. The molecule has 0 saturated carbocycles. The van der Waals surface area contributed by atoms with Gasteiger partial charge in [0, 0.05) is 19.0 Å². The van der Waals surface area contributed by atoms with Crippen LogP contribution in [0.1, 0.15) is 12.1 Å². The number of nitrogens with zero attached hydrogens (tertiary/aromatic N) is 2. The third-order valence-corrected chi connectivity index (χ3v) is 1.89. The maximum absolute atomic E-state index is 4.27. The number of allylic oxidation sites excluding steroid dienone is 1. The fourth-order valence-electron chi connectivity index (χ4n) is 1.25. The molecule has 1 aliphatic rings. The summed E-state index contributed by atoms with van der Waals surface area (Å²) >= 11 is 0. The van der Waals surface area contributed by atoms with Crippen LogP contribution < -0.4 is 0 Å². The Balaban J connectivity index is 2.31. The Morgan fingerprint density at radius 1 is 1.25 bits per heavy atom. The predicted molar refractivity (Wildman–Crippen MR) is 50.2 cm³/mol. The average molecular weight is 158 g/mol. The SMILES string of the molecule is C1=NCCC(c2ccccn2)=C1. The molecule has 2 heteroatoms. The fraction of sp³-hybridized carbons (Fsp3) is 0.200. The van der Waals surface area contributed by atoms with Crippen LogP contribution in [0.25, 0.3) is 5.57 Å². The second-order valence-corrected chi connectivity index (χ2v) is 2.71. The zero-order chi connectivity index (χ0) is 8.23. The van der Waals surface area contributed by atoms with Gasteiger partial charge in [0.05, 0.1) is 5.69 Å². The van der Waals surface area contributed by atoms with Crippen LogP contribution in [0, 0.1) is 0 Å². The summed E-state index contributed by atoms with van der Waals surface area (Å²) in [5.74, 6) is 0. The van der Waals surface area contributed by atoms with Crippen LogP contribution in [0.5, 0.6) is 0 Å². The Labute approximate surface area is 71.7 Å². The van der Waals surface area contributed by atoms with E-state index >= 15 is 0 Å². The van der Waals surface area contributed by atoms with Crippen molar-refractivity contribution < 1.29 is 0 Å². The van der Waals surface area contributed by atoms with Gasteiger partial charge in [0.2, 0.25) is 0 Å². The molecule has 0 aromatic carbocycles. The van der Waals surface area contributed by atoms with Crippen LogP contribution in [0.4, 0.5) is 0 Å². The largest absolute Gasteiger partial charge is 0.293 e. The van der Waals surface area contributed by atoms with Gasteiger partial charge >= 0.3 is 0 Å². The molecule has 60 valence electrons. The molecular weight excluding hydrogens is 148 g/mol. The third-order valence-electron chi connectivity index (χ3n) is 1.89. The molecule has 12 heavy (non-hydrogen) atoms. The van der Waals surface area contributed by atoms with Crippen LogP contribution in [0.3, 0.4) is 0 Å². The lowest BCUT2D eigenvalue weighted by atomic mass is 10.1. The molecule has 0 spiro atoms. The first-order chi connectivity index (χ1) is 5.97. The smallest absolute Gasteiger partial charge is 0.0662 e. The normalized spacial score (nSPS) is 15.8. The Kier molecular flexibility index (Phi) is 1.99. The highest BCUT2D eigenvalue weighted by Gasteiger charge is 2.02. The first kappa shape index (κ1) is 7.22. The second-order valence-electron chi connectivity index (χ2n) is 2.71. The Morgan fingerprint density at radius 3 is 2.92 bits per heavy atom. The van der Waals surface area contributed by atoms with Gasteiger partial charge in [-0.3, -0.25) is 9.98 Å². The van der Waals surface area contributed by atoms with Gasteiger partial charge in [-0.05, 0) is 30.2 Å². The Bertz CT molecular complexity index is 312. The highest BCUT2D eigenvalue weighted by molar-refractivity contribution is 5.85. The highest BCUT2D eigenvalue weighted by atomic mass is 14.7. The molecule has 0 bridgehead atoms. The van der Waals surface area contributed by atoms with E-state index in [1.165, 1.54) is 5.57 Å². The van der Waals surface area contributed by atoms with E-state index in [4.69, 9.17) is 0 Å². The van der Waals surface area contributed by atoms with Gasteiger partial charge in [0.15, 0.2) is 0 Å². The van der Waals surface area contributed by atoms with E-state index in [0.29, 0.717) is 0 Å². The summed E-state index contributed by atoms with van der Waals surface area (Å²) in [6, 6.07) is 5.97. The summed E-state index contributed by atoms with van der Waals surface area (Å²) in [7, 11) is 0. The number of aromatic nitrogens is 1. The van der Waals surface area contributed by atoms with Crippen molar-refractivity contribution in [2.24, 2.45) is 4.99 Å². The molecule has 2 nitrogen and oxygen atoms in total. The molecular formula is C10H10N2. The van der Waals surface area contributed by atoms with Crippen molar-refractivity contribution >= 4 is 11.8 Å². The molecule has 1 aromatic heterocycles. The number of hydrogen-bond donors (Lipinski definition) is 0. The van der Waals surface area contributed by atoms with Crippen LogP contribution in [-0.4, -0.2) is 17.7 Å². The molecule has 1 aromatic rings. The summed E-state index contributed by atoms with van der Waals surface area (Å²) in [6.45, 7) is 0.891. The summed E-state index contributed by atoms with van der Waals surface area (Å²) in [5, 5.41) is 0. The van der Waals surface area contributed by atoms with Crippen molar-refractivity contribution in [3.05, 3.63) is 36.2 Å². The van der Waals surface area contributed by atoms with Crippen LogP contribution in [-0.2, 0) is 0 Å². The van der Waals surface area contributed by atoms with Gasteiger partial charge in [-0.1, -0.05) is 6.07 Å². The van der Waals surface area contributed by atoms with Crippen molar-refractivity contribution in [3.63, 3.8) is 0 Å². The van der Waals surface area contributed by atoms with Gasteiger partial charge in [-0.25, -0.2) is 0 Å². The van der Waals surface area contributed by atoms with E-state index in [1.54, 1.807) is 0 Å². The number of aliphatic imine (C=N–C) groups is 1. The minimum Gasteiger partial charge on any atom is -0.293 e. The maximum Gasteiger partial charge on any atom is 0.0662 e. The van der Waals surface area contributed by atoms with Crippen molar-refractivity contribution in [2.75, 3.05) is 6.54 Å². The van der Waals surface area contributed by atoms with Gasteiger partial charge < -0.3 is 0 Å². The van der Waals surface area contributed by atoms with E-state index < -0.39 is 0 Å². The quantitative estimate of drug-likeness (QED) is 0.613. The predicted octanol–water partition coefficient (Wildman–Crippen LogP) is 1.94. The standard InChI is InChI=1S/C10H10N2/c1-2-6-12-10(3-1)9-4-7-11-8-5-9/h1-4,6-7H,5,8H2. The van der Waals surface area contributed by atoms with E-state index in [2.05, 4.69) is 9.98 Å². The van der Waals surface area contributed by atoms with Crippen LogP contribution >= 0.6 is 0 Å². The number of pyridine rings is 1. The number of hydrogen-bond acceptors (Lipinski definition) is 2. The Morgan fingerprint density at radius 2 is 2.25 bits per heavy atom. The zero-order valence-electron chi connectivity index (χ0n) is 6.77. The summed E-state index contributed by atoms with van der Waals surface area (Å²) < 4.78 is 0. The molecule has 0 radical (unpaired) electrons. The minimum atomic E-state index is 0.891. The molecule has 2 rings (SSSR count).